The minimum atomic E-state index is -1.18. The van der Waals surface area contributed by atoms with Gasteiger partial charge in [0.2, 0.25) is 6.79 Å². The van der Waals surface area contributed by atoms with Crippen LogP contribution in [-0.2, 0) is 9.53 Å². The molecule has 130 valence electrons. The molecule has 0 spiro atoms. The number of nitrogens with one attached hydrogen (secondary N) is 1. The van der Waals surface area contributed by atoms with Gasteiger partial charge in [0.25, 0.3) is 5.91 Å². The highest BCUT2D eigenvalue weighted by Crippen LogP contribution is 2.34. The highest BCUT2D eigenvalue weighted by atomic mass is 19.1. The summed E-state index contributed by atoms with van der Waals surface area (Å²) in [5, 5.41) is 2.55. The number of anilines is 1. The molecule has 1 atom stereocenters. The Morgan fingerprint density at radius 3 is 2.48 bits per heavy atom. The lowest BCUT2D eigenvalue weighted by molar-refractivity contribution is -0.123. The molecule has 0 aromatic heterocycles. The van der Waals surface area contributed by atoms with Crippen molar-refractivity contribution in [1.29, 1.82) is 0 Å². The first-order valence-electron chi connectivity index (χ1n) is 7.30. The molecule has 0 saturated carbocycles. The molecular formula is C17H13F2NO5. The van der Waals surface area contributed by atoms with E-state index in [2.05, 4.69) is 5.32 Å². The van der Waals surface area contributed by atoms with Gasteiger partial charge >= 0.3 is 5.97 Å². The lowest BCUT2D eigenvalue weighted by Crippen LogP contribution is -2.30. The largest absolute Gasteiger partial charge is 0.454 e. The number of halogens is 2. The van der Waals surface area contributed by atoms with Crippen LogP contribution in [-0.4, -0.2) is 24.8 Å². The van der Waals surface area contributed by atoms with Gasteiger partial charge in [-0.25, -0.2) is 13.6 Å². The maximum atomic E-state index is 13.1. The number of carbonyl (C=O) groups excluding carboxylic acids is 2. The van der Waals surface area contributed by atoms with Crippen molar-refractivity contribution < 1.29 is 32.6 Å². The van der Waals surface area contributed by atoms with Gasteiger partial charge in [0.15, 0.2) is 17.6 Å². The van der Waals surface area contributed by atoms with E-state index in [0.29, 0.717) is 23.3 Å². The molecule has 6 nitrogen and oxygen atoms in total. The van der Waals surface area contributed by atoms with Gasteiger partial charge in [0, 0.05) is 17.8 Å². The maximum absolute atomic E-state index is 13.1. The molecule has 0 saturated heterocycles. The summed E-state index contributed by atoms with van der Waals surface area (Å²) < 4.78 is 41.6. The number of carbonyl (C=O) groups is 2. The fraction of sp³-hybridized carbons (Fsp3) is 0.176. The summed E-state index contributed by atoms with van der Waals surface area (Å²) in [5.41, 5.74) is 0.106. The Kier molecular flexibility index (Phi) is 4.51. The lowest BCUT2D eigenvalue weighted by atomic mass is 10.2. The second-order valence-electron chi connectivity index (χ2n) is 5.26. The zero-order valence-corrected chi connectivity index (χ0v) is 13.0. The topological polar surface area (TPSA) is 73.9 Å². The SMILES string of the molecule is C[C@H](OC(=O)c1cc(F)cc(F)c1)C(=O)Nc1ccc2c(c1)OCO2. The smallest absolute Gasteiger partial charge is 0.339 e. The summed E-state index contributed by atoms with van der Waals surface area (Å²) in [6, 6.07) is 7.08. The molecule has 2 aromatic carbocycles. The summed E-state index contributed by atoms with van der Waals surface area (Å²) in [4.78, 5) is 24.0. The molecule has 3 rings (SSSR count). The summed E-state index contributed by atoms with van der Waals surface area (Å²) in [6.07, 6.45) is -1.18. The average molecular weight is 349 g/mol. The van der Waals surface area contributed by atoms with Crippen LogP contribution in [0.4, 0.5) is 14.5 Å². The van der Waals surface area contributed by atoms with Crippen LogP contribution < -0.4 is 14.8 Å². The first-order valence-corrected chi connectivity index (χ1v) is 7.30. The van der Waals surface area contributed by atoms with Crippen molar-refractivity contribution in [2.24, 2.45) is 0 Å². The Hall–Kier alpha value is -3.16. The van der Waals surface area contributed by atoms with Crippen LogP contribution in [0.2, 0.25) is 0 Å². The van der Waals surface area contributed by atoms with E-state index >= 15 is 0 Å². The third-order valence-corrected chi connectivity index (χ3v) is 3.39. The van der Waals surface area contributed by atoms with Crippen molar-refractivity contribution in [3.8, 4) is 11.5 Å². The van der Waals surface area contributed by atoms with Crippen molar-refractivity contribution in [1.82, 2.24) is 0 Å². The monoisotopic (exact) mass is 349 g/mol. The van der Waals surface area contributed by atoms with Crippen LogP contribution in [0.1, 0.15) is 17.3 Å². The molecule has 0 bridgehead atoms. The van der Waals surface area contributed by atoms with E-state index in [1.54, 1.807) is 18.2 Å². The number of ether oxygens (including phenoxy) is 3. The van der Waals surface area contributed by atoms with Gasteiger partial charge in [0.1, 0.15) is 11.6 Å². The van der Waals surface area contributed by atoms with Crippen LogP contribution in [0.5, 0.6) is 11.5 Å². The number of amides is 1. The highest BCUT2D eigenvalue weighted by Gasteiger charge is 2.21. The van der Waals surface area contributed by atoms with Gasteiger partial charge in [-0.05, 0) is 31.2 Å². The fourth-order valence-corrected chi connectivity index (χ4v) is 2.17. The molecule has 0 radical (unpaired) electrons. The van der Waals surface area contributed by atoms with E-state index in [4.69, 9.17) is 14.2 Å². The Balaban J connectivity index is 1.63. The van der Waals surface area contributed by atoms with Gasteiger partial charge in [-0.15, -0.1) is 0 Å². The quantitative estimate of drug-likeness (QED) is 0.859. The second-order valence-corrected chi connectivity index (χ2v) is 5.26. The Morgan fingerprint density at radius 1 is 1.08 bits per heavy atom. The molecule has 0 fully saturated rings. The third-order valence-electron chi connectivity index (χ3n) is 3.39. The molecule has 0 aliphatic carbocycles. The molecule has 1 amide bonds. The maximum Gasteiger partial charge on any atom is 0.339 e. The molecule has 1 aliphatic rings. The van der Waals surface area contributed by atoms with E-state index in [0.717, 1.165) is 12.1 Å². The summed E-state index contributed by atoms with van der Waals surface area (Å²) in [6.45, 7) is 1.45. The zero-order chi connectivity index (χ0) is 18.0. The Bertz CT molecular complexity index is 820. The fourth-order valence-electron chi connectivity index (χ4n) is 2.17. The minimum absolute atomic E-state index is 0.102. The van der Waals surface area contributed by atoms with E-state index in [1.807, 2.05) is 0 Å². The average Bonchev–Trinajstić information content (AvgIpc) is 3.01. The molecule has 25 heavy (non-hydrogen) atoms. The minimum Gasteiger partial charge on any atom is -0.454 e. The summed E-state index contributed by atoms with van der Waals surface area (Å²) in [7, 11) is 0. The third kappa shape index (κ3) is 3.85. The normalized spacial score (nSPS) is 13.2. The standard InChI is InChI=1S/C17H13F2NO5/c1-9(25-17(22)10-4-11(18)6-12(19)5-10)16(21)20-13-2-3-14-15(7-13)24-8-23-14/h2-7,9H,8H2,1H3,(H,20,21)/t9-/m0/s1. The van der Waals surface area contributed by atoms with Crippen LogP contribution in [0.3, 0.4) is 0 Å². The molecule has 1 N–H and O–H groups in total. The Labute approximate surface area is 141 Å². The number of hydrogen-bond donors (Lipinski definition) is 1. The predicted molar refractivity (Wildman–Crippen MR) is 82.4 cm³/mol. The molecular weight excluding hydrogens is 336 g/mol. The van der Waals surface area contributed by atoms with Crippen molar-refractivity contribution in [2.75, 3.05) is 12.1 Å². The van der Waals surface area contributed by atoms with Crippen molar-refractivity contribution in [2.45, 2.75) is 13.0 Å². The number of fused-ring (bicyclic) bond motifs is 1. The zero-order valence-electron chi connectivity index (χ0n) is 13.0. The van der Waals surface area contributed by atoms with Crippen LogP contribution in [0.15, 0.2) is 36.4 Å². The first kappa shape index (κ1) is 16.7. The molecule has 8 heteroatoms. The van der Waals surface area contributed by atoms with Crippen molar-refractivity contribution in [3.05, 3.63) is 53.6 Å². The number of benzene rings is 2. The second kappa shape index (κ2) is 6.76. The van der Waals surface area contributed by atoms with Crippen molar-refractivity contribution in [3.63, 3.8) is 0 Å². The van der Waals surface area contributed by atoms with Crippen molar-refractivity contribution >= 4 is 17.6 Å². The van der Waals surface area contributed by atoms with Crippen LogP contribution >= 0.6 is 0 Å². The lowest BCUT2D eigenvalue weighted by Gasteiger charge is -2.14. The van der Waals surface area contributed by atoms with Crippen LogP contribution in [0, 0.1) is 11.6 Å². The molecule has 1 heterocycles. The molecule has 2 aromatic rings. The van der Waals surface area contributed by atoms with Gasteiger partial charge < -0.3 is 19.5 Å². The van der Waals surface area contributed by atoms with E-state index in [1.165, 1.54) is 6.92 Å². The molecule has 0 unspecified atom stereocenters. The van der Waals surface area contributed by atoms with Gasteiger partial charge in [-0.3, -0.25) is 4.79 Å². The first-order chi connectivity index (χ1) is 11.9. The van der Waals surface area contributed by atoms with Crippen LogP contribution in [0.25, 0.3) is 0 Å². The number of hydrogen-bond acceptors (Lipinski definition) is 5. The summed E-state index contributed by atoms with van der Waals surface area (Å²) in [5.74, 6) is -2.40. The Morgan fingerprint density at radius 2 is 1.76 bits per heavy atom. The summed E-state index contributed by atoms with van der Waals surface area (Å²) >= 11 is 0. The van der Waals surface area contributed by atoms with E-state index < -0.39 is 29.6 Å². The molecule has 1 aliphatic heterocycles. The van der Waals surface area contributed by atoms with E-state index in [-0.39, 0.29) is 12.4 Å². The van der Waals surface area contributed by atoms with Gasteiger partial charge in [-0.2, -0.15) is 0 Å². The number of rotatable bonds is 4. The highest BCUT2D eigenvalue weighted by molar-refractivity contribution is 5.97. The van der Waals surface area contributed by atoms with Gasteiger partial charge in [0.05, 0.1) is 5.56 Å². The predicted octanol–water partition coefficient (Wildman–Crippen LogP) is 2.88. The number of esters is 1. The van der Waals surface area contributed by atoms with Gasteiger partial charge in [-0.1, -0.05) is 0 Å². The van der Waals surface area contributed by atoms with E-state index in [9.17, 15) is 18.4 Å².